The van der Waals surface area contributed by atoms with E-state index >= 15 is 0 Å². The molecule has 1 N–H and O–H groups in total. The standard InChI is InChI=1S/C27H20O5/c1-15-12-22-25(16(2)20(13-23(28)29)27(30)32-22)26-24(15)21(14-31-26)19-10-8-18(9-11-19)17-6-4-3-5-7-17/h3-12,14H,13H2,1-2H3,(H,28,29). The Labute approximate surface area is 183 Å². The van der Waals surface area contributed by atoms with Gasteiger partial charge in [-0.1, -0.05) is 54.6 Å². The molecule has 0 aliphatic carbocycles. The molecule has 5 aromatic rings. The number of aryl methyl sites for hydroxylation is 2. The second-order valence-electron chi connectivity index (χ2n) is 7.93. The van der Waals surface area contributed by atoms with Crippen molar-refractivity contribution in [3.63, 3.8) is 0 Å². The molecular formula is C27H20O5. The fourth-order valence-corrected chi connectivity index (χ4v) is 4.33. The molecule has 3 aromatic carbocycles. The molecular weight excluding hydrogens is 404 g/mol. The Kier molecular flexibility index (Phi) is 4.67. The molecule has 2 aromatic heterocycles. The van der Waals surface area contributed by atoms with Gasteiger partial charge in [0.15, 0.2) is 0 Å². The lowest BCUT2D eigenvalue weighted by molar-refractivity contribution is -0.136. The molecule has 0 aliphatic heterocycles. The molecule has 0 saturated carbocycles. The van der Waals surface area contributed by atoms with Crippen molar-refractivity contribution in [1.82, 2.24) is 0 Å². The van der Waals surface area contributed by atoms with E-state index in [1.165, 1.54) is 0 Å². The van der Waals surface area contributed by atoms with E-state index in [1.54, 1.807) is 13.2 Å². The van der Waals surface area contributed by atoms with Gasteiger partial charge in [-0.05, 0) is 47.7 Å². The van der Waals surface area contributed by atoms with Crippen LogP contribution in [0.15, 0.2) is 80.6 Å². The second-order valence-corrected chi connectivity index (χ2v) is 7.93. The monoisotopic (exact) mass is 424 g/mol. The van der Waals surface area contributed by atoms with Gasteiger partial charge in [-0.2, -0.15) is 0 Å². The summed E-state index contributed by atoms with van der Waals surface area (Å²) in [6.07, 6.45) is 1.31. The van der Waals surface area contributed by atoms with Crippen molar-refractivity contribution < 1.29 is 18.7 Å². The lowest BCUT2D eigenvalue weighted by Gasteiger charge is -2.09. The maximum Gasteiger partial charge on any atom is 0.340 e. The highest BCUT2D eigenvalue weighted by atomic mass is 16.4. The van der Waals surface area contributed by atoms with Gasteiger partial charge in [0.25, 0.3) is 0 Å². The average Bonchev–Trinajstić information content (AvgIpc) is 3.23. The van der Waals surface area contributed by atoms with E-state index in [9.17, 15) is 14.7 Å². The fraction of sp³-hybridized carbons (Fsp3) is 0.111. The quantitative estimate of drug-likeness (QED) is 0.352. The molecule has 0 unspecified atom stereocenters. The van der Waals surface area contributed by atoms with Gasteiger partial charge >= 0.3 is 11.6 Å². The van der Waals surface area contributed by atoms with Crippen LogP contribution in [-0.4, -0.2) is 11.1 Å². The van der Waals surface area contributed by atoms with Gasteiger partial charge in [-0.15, -0.1) is 0 Å². The first-order chi connectivity index (χ1) is 15.4. The maximum absolute atomic E-state index is 12.4. The Balaban J connectivity index is 1.70. The SMILES string of the molecule is Cc1cc2oc(=O)c(CC(=O)O)c(C)c2c2occ(-c3ccc(-c4ccccc4)cc3)c12. The maximum atomic E-state index is 12.4. The Bertz CT molecular complexity index is 1540. The number of rotatable bonds is 4. The zero-order valence-electron chi connectivity index (χ0n) is 17.6. The highest BCUT2D eigenvalue weighted by molar-refractivity contribution is 6.11. The van der Waals surface area contributed by atoms with Crippen LogP contribution in [0.25, 0.3) is 44.2 Å². The van der Waals surface area contributed by atoms with E-state index in [0.29, 0.717) is 22.1 Å². The minimum Gasteiger partial charge on any atom is -0.481 e. The molecule has 0 bridgehead atoms. The van der Waals surface area contributed by atoms with E-state index in [1.807, 2.05) is 31.2 Å². The molecule has 0 saturated heterocycles. The van der Waals surface area contributed by atoms with Crippen LogP contribution in [0.1, 0.15) is 16.7 Å². The van der Waals surface area contributed by atoms with E-state index in [4.69, 9.17) is 8.83 Å². The van der Waals surface area contributed by atoms with Gasteiger partial charge in [0.1, 0.15) is 11.2 Å². The summed E-state index contributed by atoms with van der Waals surface area (Å²) in [4.78, 5) is 23.6. The van der Waals surface area contributed by atoms with Crippen LogP contribution < -0.4 is 5.63 Å². The van der Waals surface area contributed by atoms with Crippen LogP contribution in [0.4, 0.5) is 0 Å². The third-order valence-corrected chi connectivity index (χ3v) is 5.91. The summed E-state index contributed by atoms with van der Waals surface area (Å²) in [5.74, 6) is -1.08. The number of carboxylic acid groups (broad SMARTS) is 1. The number of carbonyl (C=O) groups is 1. The summed E-state index contributed by atoms with van der Waals surface area (Å²) in [6, 6.07) is 20.3. The highest BCUT2D eigenvalue weighted by Gasteiger charge is 2.21. The van der Waals surface area contributed by atoms with Gasteiger partial charge in [0, 0.05) is 10.9 Å². The van der Waals surface area contributed by atoms with Crippen LogP contribution in [0, 0.1) is 13.8 Å². The van der Waals surface area contributed by atoms with E-state index < -0.39 is 18.0 Å². The Morgan fingerprint density at radius 1 is 0.906 bits per heavy atom. The molecule has 0 spiro atoms. The predicted molar refractivity (Wildman–Crippen MR) is 124 cm³/mol. The Morgan fingerprint density at radius 3 is 2.25 bits per heavy atom. The van der Waals surface area contributed by atoms with Gasteiger partial charge in [0.05, 0.1) is 23.6 Å². The minimum absolute atomic E-state index is 0.139. The molecule has 5 nitrogen and oxygen atoms in total. The van der Waals surface area contributed by atoms with Crippen molar-refractivity contribution >= 4 is 27.9 Å². The number of benzene rings is 3. The number of fused-ring (bicyclic) bond motifs is 3. The van der Waals surface area contributed by atoms with Crippen LogP contribution in [0.3, 0.4) is 0 Å². The largest absolute Gasteiger partial charge is 0.481 e. The fourth-order valence-electron chi connectivity index (χ4n) is 4.33. The van der Waals surface area contributed by atoms with Crippen molar-refractivity contribution in [3.8, 4) is 22.3 Å². The van der Waals surface area contributed by atoms with E-state index in [2.05, 4.69) is 36.4 Å². The normalized spacial score (nSPS) is 11.3. The summed E-state index contributed by atoms with van der Waals surface area (Å²) in [6.45, 7) is 3.68. The van der Waals surface area contributed by atoms with Crippen LogP contribution >= 0.6 is 0 Å². The Morgan fingerprint density at radius 2 is 1.56 bits per heavy atom. The molecule has 0 aliphatic rings. The summed E-state index contributed by atoms with van der Waals surface area (Å²) in [7, 11) is 0. The van der Waals surface area contributed by atoms with E-state index in [-0.39, 0.29) is 5.56 Å². The van der Waals surface area contributed by atoms with Crippen molar-refractivity contribution in [1.29, 1.82) is 0 Å². The molecule has 0 amide bonds. The first-order valence-corrected chi connectivity index (χ1v) is 10.3. The first kappa shape index (κ1) is 19.8. The van der Waals surface area contributed by atoms with Crippen LogP contribution in [0.2, 0.25) is 0 Å². The summed E-state index contributed by atoms with van der Waals surface area (Å²) in [5, 5.41) is 10.8. The van der Waals surface area contributed by atoms with E-state index in [0.717, 1.165) is 33.2 Å². The van der Waals surface area contributed by atoms with Gasteiger partial charge < -0.3 is 13.9 Å². The lowest BCUT2D eigenvalue weighted by atomic mass is 9.95. The van der Waals surface area contributed by atoms with Crippen molar-refractivity contribution in [2.45, 2.75) is 20.3 Å². The number of furan rings is 1. The highest BCUT2D eigenvalue weighted by Crippen LogP contribution is 2.39. The van der Waals surface area contributed by atoms with Crippen LogP contribution in [0.5, 0.6) is 0 Å². The Hall–Kier alpha value is -4.12. The molecule has 0 radical (unpaired) electrons. The zero-order valence-corrected chi connectivity index (χ0v) is 17.6. The molecule has 158 valence electrons. The molecule has 0 atom stereocenters. The summed E-state index contributed by atoms with van der Waals surface area (Å²) in [5.41, 5.74) is 6.20. The lowest BCUT2D eigenvalue weighted by Crippen LogP contribution is -2.15. The zero-order chi connectivity index (χ0) is 22.4. The third-order valence-electron chi connectivity index (χ3n) is 5.91. The number of hydrogen-bond acceptors (Lipinski definition) is 4. The third kappa shape index (κ3) is 3.19. The topological polar surface area (TPSA) is 80.7 Å². The van der Waals surface area contributed by atoms with Gasteiger partial charge in [-0.3, -0.25) is 4.79 Å². The minimum atomic E-state index is -1.08. The number of carboxylic acids is 1. The van der Waals surface area contributed by atoms with Crippen molar-refractivity contribution in [3.05, 3.63) is 94.0 Å². The van der Waals surface area contributed by atoms with Gasteiger partial charge in [0.2, 0.25) is 0 Å². The second kappa shape index (κ2) is 7.54. The molecule has 5 heteroatoms. The van der Waals surface area contributed by atoms with Crippen LogP contribution in [-0.2, 0) is 11.2 Å². The van der Waals surface area contributed by atoms with Gasteiger partial charge in [-0.25, -0.2) is 4.79 Å². The number of hydrogen-bond donors (Lipinski definition) is 1. The summed E-state index contributed by atoms with van der Waals surface area (Å²) >= 11 is 0. The molecule has 0 fully saturated rings. The molecule has 5 rings (SSSR count). The average molecular weight is 424 g/mol. The molecule has 32 heavy (non-hydrogen) atoms. The van der Waals surface area contributed by atoms with Crippen molar-refractivity contribution in [2.75, 3.05) is 0 Å². The molecule has 2 heterocycles. The first-order valence-electron chi connectivity index (χ1n) is 10.3. The summed E-state index contributed by atoms with van der Waals surface area (Å²) < 4.78 is 11.4. The number of aliphatic carboxylic acids is 1. The smallest absolute Gasteiger partial charge is 0.340 e. The van der Waals surface area contributed by atoms with Crippen molar-refractivity contribution in [2.24, 2.45) is 0 Å². The predicted octanol–water partition coefficient (Wildman–Crippen LogP) is 6.12.